The van der Waals surface area contributed by atoms with Gasteiger partial charge in [-0.1, -0.05) is 42.8 Å². The van der Waals surface area contributed by atoms with Crippen molar-refractivity contribution in [2.24, 2.45) is 7.05 Å². The Morgan fingerprint density at radius 3 is 2.56 bits per heavy atom. The highest BCUT2D eigenvalue weighted by Crippen LogP contribution is 2.36. The Hall–Kier alpha value is -2.68. The fraction of sp³-hybridized carbons (Fsp3) is 0.333. The Kier molecular flexibility index (Phi) is 3.96. The topological polar surface area (TPSA) is 21.7 Å². The van der Waals surface area contributed by atoms with E-state index in [1.807, 2.05) is 6.20 Å². The number of hydrogen-bond donors (Lipinski definition) is 0. The largest absolute Gasteiger partial charge is 0.309 e. The van der Waals surface area contributed by atoms with Gasteiger partial charge in [0.25, 0.3) is 0 Å². The number of para-hydroxylation sites is 2. The zero-order valence-electron chi connectivity index (χ0n) is 16.2. The molecule has 0 saturated heterocycles. The Labute approximate surface area is 160 Å². The molecular formula is C24H26N3+. The lowest BCUT2D eigenvalue weighted by Crippen LogP contribution is -2.31. The second-order valence-corrected chi connectivity index (χ2v) is 7.85. The number of aromatic nitrogens is 3. The molecule has 0 spiro atoms. The molecule has 3 heteroatoms. The highest BCUT2D eigenvalue weighted by molar-refractivity contribution is 5.89. The third kappa shape index (κ3) is 2.56. The van der Waals surface area contributed by atoms with E-state index < -0.39 is 0 Å². The first kappa shape index (κ1) is 16.5. The Morgan fingerprint density at radius 2 is 1.70 bits per heavy atom. The molecule has 0 bridgehead atoms. The van der Waals surface area contributed by atoms with Gasteiger partial charge in [-0.05, 0) is 55.7 Å². The van der Waals surface area contributed by atoms with E-state index in [1.54, 1.807) is 0 Å². The predicted molar refractivity (Wildman–Crippen MR) is 111 cm³/mol. The minimum absolute atomic E-state index is 0.563. The van der Waals surface area contributed by atoms with E-state index in [-0.39, 0.29) is 0 Å². The molecule has 1 aliphatic rings. The van der Waals surface area contributed by atoms with E-state index in [0.717, 1.165) is 5.69 Å². The summed E-state index contributed by atoms with van der Waals surface area (Å²) in [7, 11) is 2.19. The molecule has 0 amide bonds. The van der Waals surface area contributed by atoms with Crippen LogP contribution in [0.25, 0.3) is 33.3 Å². The van der Waals surface area contributed by atoms with Crippen molar-refractivity contribution in [3.63, 3.8) is 0 Å². The first-order chi connectivity index (χ1) is 13.3. The van der Waals surface area contributed by atoms with Crippen LogP contribution in [0.2, 0.25) is 0 Å². The molecule has 27 heavy (non-hydrogen) atoms. The summed E-state index contributed by atoms with van der Waals surface area (Å²) < 4.78 is 4.92. The Morgan fingerprint density at radius 1 is 0.963 bits per heavy atom. The van der Waals surface area contributed by atoms with Gasteiger partial charge in [-0.15, -0.1) is 0 Å². The summed E-state index contributed by atoms with van der Waals surface area (Å²) in [4.78, 5) is 4.95. The third-order valence-corrected chi connectivity index (χ3v) is 6.25. The van der Waals surface area contributed by atoms with Crippen molar-refractivity contribution < 1.29 is 4.57 Å². The number of hydrogen-bond acceptors (Lipinski definition) is 1. The standard InChI is InChI=1S/C24H26N3/c1-17-20-13-7-6-10-18(20)16-25-23(17)24-26(2)21-14-8-9-15-22(21)27(24)19-11-4-3-5-12-19/h6-10,13-16,19H,3-5,11-12H2,1-2H3/q+1. The normalized spacial score (nSPS) is 15.6. The van der Waals surface area contributed by atoms with Crippen LogP contribution >= 0.6 is 0 Å². The van der Waals surface area contributed by atoms with Crippen LogP contribution in [0.4, 0.5) is 0 Å². The van der Waals surface area contributed by atoms with Crippen molar-refractivity contribution in [1.82, 2.24) is 9.55 Å². The molecule has 2 aromatic heterocycles. The fourth-order valence-corrected chi connectivity index (χ4v) is 4.86. The highest BCUT2D eigenvalue weighted by Gasteiger charge is 2.32. The van der Waals surface area contributed by atoms with Crippen molar-refractivity contribution in [3.8, 4) is 11.5 Å². The average Bonchev–Trinajstić information content (AvgIpc) is 3.02. The molecule has 1 fully saturated rings. The minimum atomic E-state index is 0.563. The molecule has 0 N–H and O–H groups in total. The van der Waals surface area contributed by atoms with Crippen molar-refractivity contribution in [2.75, 3.05) is 0 Å². The lowest BCUT2D eigenvalue weighted by Gasteiger charge is -2.21. The molecule has 0 atom stereocenters. The van der Waals surface area contributed by atoms with Gasteiger partial charge < -0.3 is 0 Å². The summed E-state index contributed by atoms with van der Waals surface area (Å²) in [6.07, 6.45) is 8.57. The molecule has 136 valence electrons. The SMILES string of the molecule is Cc1c(-c2n(C3CCCCC3)c3ccccc3[n+]2C)ncc2ccccc12. The van der Waals surface area contributed by atoms with Crippen molar-refractivity contribution in [1.29, 1.82) is 0 Å². The summed E-state index contributed by atoms with van der Waals surface area (Å²) >= 11 is 0. The number of benzene rings is 2. The summed E-state index contributed by atoms with van der Waals surface area (Å²) in [5.74, 6) is 1.24. The zero-order valence-corrected chi connectivity index (χ0v) is 16.2. The van der Waals surface area contributed by atoms with Crippen LogP contribution in [0, 0.1) is 6.92 Å². The number of aryl methyl sites for hydroxylation is 2. The molecule has 3 nitrogen and oxygen atoms in total. The molecule has 1 aliphatic carbocycles. The molecule has 0 aliphatic heterocycles. The molecule has 5 rings (SSSR count). The third-order valence-electron chi connectivity index (χ3n) is 6.25. The van der Waals surface area contributed by atoms with E-state index >= 15 is 0 Å². The van der Waals surface area contributed by atoms with E-state index in [0.29, 0.717) is 6.04 Å². The maximum Gasteiger partial charge on any atom is 0.309 e. The Bertz CT molecular complexity index is 1130. The monoisotopic (exact) mass is 356 g/mol. The van der Waals surface area contributed by atoms with Gasteiger partial charge >= 0.3 is 5.82 Å². The summed E-state index contributed by atoms with van der Waals surface area (Å²) in [5.41, 5.74) is 4.99. The van der Waals surface area contributed by atoms with Crippen LogP contribution in [-0.2, 0) is 7.05 Å². The summed E-state index contributed by atoms with van der Waals surface area (Å²) in [6, 6.07) is 17.9. The number of nitrogens with zero attached hydrogens (tertiary/aromatic N) is 3. The Balaban J connectivity index is 1.83. The smallest absolute Gasteiger partial charge is 0.247 e. The molecule has 0 radical (unpaired) electrons. The van der Waals surface area contributed by atoms with Gasteiger partial charge in [-0.25, -0.2) is 14.1 Å². The second-order valence-electron chi connectivity index (χ2n) is 7.85. The first-order valence-electron chi connectivity index (χ1n) is 10.1. The van der Waals surface area contributed by atoms with E-state index in [1.165, 1.54) is 65.3 Å². The maximum absolute atomic E-state index is 4.95. The molecule has 0 unspecified atom stereocenters. The van der Waals surface area contributed by atoms with E-state index in [9.17, 15) is 0 Å². The van der Waals surface area contributed by atoms with Crippen LogP contribution in [0.3, 0.4) is 0 Å². The molecular weight excluding hydrogens is 330 g/mol. The predicted octanol–water partition coefficient (Wildman–Crippen LogP) is 5.49. The van der Waals surface area contributed by atoms with Crippen LogP contribution in [0.5, 0.6) is 0 Å². The summed E-state index contributed by atoms with van der Waals surface area (Å²) in [5, 5.41) is 2.50. The van der Waals surface area contributed by atoms with Crippen LogP contribution in [0.1, 0.15) is 43.7 Å². The lowest BCUT2D eigenvalue weighted by atomic mass is 9.94. The van der Waals surface area contributed by atoms with Crippen LogP contribution in [-0.4, -0.2) is 9.55 Å². The van der Waals surface area contributed by atoms with Crippen LogP contribution < -0.4 is 4.57 Å². The number of fused-ring (bicyclic) bond motifs is 2. The average molecular weight is 356 g/mol. The van der Waals surface area contributed by atoms with Gasteiger partial charge in [-0.3, -0.25) is 0 Å². The van der Waals surface area contributed by atoms with Crippen molar-refractivity contribution in [2.45, 2.75) is 45.1 Å². The lowest BCUT2D eigenvalue weighted by molar-refractivity contribution is -0.634. The number of rotatable bonds is 2. The van der Waals surface area contributed by atoms with Gasteiger partial charge in [-0.2, -0.15) is 0 Å². The first-order valence-corrected chi connectivity index (χ1v) is 10.1. The minimum Gasteiger partial charge on any atom is -0.247 e. The maximum atomic E-state index is 4.95. The molecule has 4 aromatic rings. The van der Waals surface area contributed by atoms with E-state index in [4.69, 9.17) is 4.98 Å². The van der Waals surface area contributed by atoms with E-state index in [2.05, 4.69) is 71.6 Å². The quantitative estimate of drug-likeness (QED) is 0.435. The van der Waals surface area contributed by atoms with Gasteiger partial charge in [0, 0.05) is 11.6 Å². The summed E-state index contributed by atoms with van der Waals surface area (Å²) in [6.45, 7) is 2.22. The van der Waals surface area contributed by atoms with Crippen molar-refractivity contribution >= 4 is 21.8 Å². The van der Waals surface area contributed by atoms with Gasteiger partial charge in [0.2, 0.25) is 0 Å². The fourth-order valence-electron chi connectivity index (χ4n) is 4.86. The van der Waals surface area contributed by atoms with Crippen molar-refractivity contribution in [3.05, 3.63) is 60.3 Å². The van der Waals surface area contributed by atoms with Gasteiger partial charge in [0.15, 0.2) is 16.7 Å². The zero-order chi connectivity index (χ0) is 18.4. The molecule has 2 aromatic carbocycles. The molecule has 2 heterocycles. The number of imidazole rings is 1. The second kappa shape index (κ2) is 6.49. The van der Waals surface area contributed by atoms with Crippen LogP contribution in [0.15, 0.2) is 54.7 Å². The molecule has 1 saturated carbocycles. The van der Waals surface area contributed by atoms with Gasteiger partial charge in [0.1, 0.15) is 6.04 Å². The highest BCUT2D eigenvalue weighted by atomic mass is 15.2. The number of pyridine rings is 1. The van der Waals surface area contributed by atoms with Gasteiger partial charge in [0.05, 0.1) is 7.05 Å².